The third kappa shape index (κ3) is 6.13. The molecule has 2 amide bonds. The van der Waals surface area contributed by atoms with Gasteiger partial charge in [0, 0.05) is 23.0 Å². The molecule has 34 heavy (non-hydrogen) atoms. The zero-order valence-electron chi connectivity index (χ0n) is 18.6. The van der Waals surface area contributed by atoms with Crippen molar-refractivity contribution in [3.05, 3.63) is 129 Å². The van der Waals surface area contributed by atoms with Crippen molar-refractivity contribution >= 4 is 34.8 Å². The first-order valence-electron chi connectivity index (χ1n) is 11.0. The number of thiophene rings is 1. The number of carbonyl (C=O) groups excluding carboxylic acids is 2. The molecule has 4 nitrogen and oxygen atoms in total. The quantitative estimate of drug-likeness (QED) is 0.312. The average molecular weight is 489 g/mol. The summed E-state index contributed by atoms with van der Waals surface area (Å²) in [5.74, 6) is -0.368. The van der Waals surface area contributed by atoms with Crippen LogP contribution in [-0.4, -0.2) is 16.7 Å². The van der Waals surface area contributed by atoms with Crippen molar-refractivity contribution < 1.29 is 9.59 Å². The largest absolute Gasteiger partial charge is 0.350 e. The van der Waals surface area contributed by atoms with Gasteiger partial charge < -0.3 is 10.2 Å². The Morgan fingerprint density at radius 1 is 0.853 bits per heavy atom. The number of hydrogen-bond donors (Lipinski definition) is 1. The van der Waals surface area contributed by atoms with Gasteiger partial charge in [0.05, 0.1) is 6.42 Å². The maximum absolute atomic E-state index is 13.6. The molecule has 1 atom stereocenters. The van der Waals surface area contributed by atoms with Crippen LogP contribution < -0.4 is 5.32 Å². The molecule has 0 saturated heterocycles. The summed E-state index contributed by atoms with van der Waals surface area (Å²) >= 11 is 7.98. The van der Waals surface area contributed by atoms with E-state index in [-0.39, 0.29) is 24.8 Å². The van der Waals surface area contributed by atoms with E-state index in [0.29, 0.717) is 11.6 Å². The molecule has 1 N–H and O–H groups in total. The van der Waals surface area contributed by atoms with Crippen LogP contribution in [0.5, 0.6) is 0 Å². The monoisotopic (exact) mass is 488 g/mol. The Bertz CT molecular complexity index is 1210. The Balaban J connectivity index is 1.68. The molecule has 0 unspecified atom stereocenters. The minimum absolute atomic E-state index is 0.133. The molecule has 3 aromatic carbocycles. The Kier molecular flexibility index (Phi) is 8.12. The third-order valence-electron chi connectivity index (χ3n) is 5.51. The van der Waals surface area contributed by atoms with Crippen LogP contribution in [0.1, 0.15) is 27.6 Å². The van der Waals surface area contributed by atoms with E-state index in [0.717, 1.165) is 21.6 Å². The molecule has 0 spiro atoms. The fourth-order valence-electron chi connectivity index (χ4n) is 3.79. The number of benzene rings is 3. The van der Waals surface area contributed by atoms with Gasteiger partial charge in [-0.1, -0.05) is 96.5 Å². The summed E-state index contributed by atoms with van der Waals surface area (Å²) in [4.78, 5) is 29.8. The normalized spacial score (nSPS) is 11.6. The standard InChI is InChI=1S/C28H25ClN2O2S/c29-25-16-8-7-14-23(25)20-31(26(32)18-24-15-9-17-34-24)27(22-12-5-2-6-13-22)28(33)30-19-21-10-3-1-4-11-21/h1-17,27H,18-20H2,(H,30,33)/t27-/m0/s1. The minimum atomic E-state index is -0.798. The van der Waals surface area contributed by atoms with Crippen LogP contribution in [0, 0.1) is 0 Å². The first-order chi connectivity index (χ1) is 16.6. The van der Waals surface area contributed by atoms with E-state index in [1.807, 2.05) is 96.4 Å². The molecule has 1 heterocycles. The van der Waals surface area contributed by atoms with Crippen LogP contribution >= 0.6 is 22.9 Å². The van der Waals surface area contributed by atoms with Gasteiger partial charge in [0.1, 0.15) is 6.04 Å². The molecule has 0 bridgehead atoms. The third-order valence-corrected chi connectivity index (χ3v) is 6.75. The van der Waals surface area contributed by atoms with Gasteiger partial charge in [-0.3, -0.25) is 9.59 Å². The maximum Gasteiger partial charge on any atom is 0.247 e. The SMILES string of the molecule is O=C(NCc1ccccc1)[C@H](c1ccccc1)N(Cc1ccccc1Cl)C(=O)Cc1cccs1. The fraction of sp³-hybridized carbons (Fsp3) is 0.143. The molecule has 0 aliphatic rings. The summed E-state index contributed by atoms with van der Waals surface area (Å²) in [6.07, 6.45) is 0.220. The number of carbonyl (C=O) groups is 2. The molecule has 0 fully saturated rings. The summed E-state index contributed by atoms with van der Waals surface area (Å²) in [5, 5.41) is 5.54. The summed E-state index contributed by atoms with van der Waals surface area (Å²) in [5.41, 5.74) is 2.53. The zero-order chi connectivity index (χ0) is 23.8. The highest BCUT2D eigenvalue weighted by Gasteiger charge is 2.32. The zero-order valence-corrected chi connectivity index (χ0v) is 20.1. The first kappa shape index (κ1) is 23.7. The Labute approximate surface area is 208 Å². The number of halogens is 1. The van der Waals surface area contributed by atoms with E-state index in [1.54, 1.807) is 11.0 Å². The van der Waals surface area contributed by atoms with Crippen LogP contribution in [-0.2, 0) is 29.1 Å². The lowest BCUT2D eigenvalue weighted by molar-refractivity contribution is -0.141. The number of nitrogens with zero attached hydrogens (tertiary/aromatic N) is 1. The average Bonchev–Trinajstić information content (AvgIpc) is 3.38. The number of rotatable bonds is 9. The van der Waals surface area contributed by atoms with Crippen molar-refractivity contribution in [3.63, 3.8) is 0 Å². The van der Waals surface area contributed by atoms with Gasteiger partial charge in [-0.05, 0) is 34.2 Å². The highest BCUT2D eigenvalue weighted by atomic mass is 35.5. The van der Waals surface area contributed by atoms with E-state index >= 15 is 0 Å². The number of hydrogen-bond acceptors (Lipinski definition) is 3. The Hall–Kier alpha value is -3.41. The summed E-state index contributed by atoms with van der Waals surface area (Å²) in [7, 11) is 0. The molecule has 6 heteroatoms. The van der Waals surface area contributed by atoms with Gasteiger partial charge in [-0.2, -0.15) is 0 Å². The van der Waals surface area contributed by atoms with Gasteiger partial charge in [0.15, 0.2) is 0 Å². The van der Waals surface area contributed by atoms with Gasteiger partial charge in [0.25, 0.3) is 0 Å². The lowest BCUT2D eigenvalue weighted by Crippen LogP contribution is -2.43. The fourth-order valence-corrected chi connectivity index (χ4v) is 4.68. The molecule has 0 aliphatic heterocycles. The number of nitrogens with one attached hydrogen (secondary N) is 1. The highest BCUT2D eigenvalue weighted by molar-refractivity contribution is 7.10. The minimum Gasteiger partial charge on any atom is -0.350 e. The first-order valence-corrected chi connectivity index (χ1v) is 12.3. The maximum atomic E-state index is 13.6. The summed E-state index contributed by atoms with van der Waals surface area (Å²) in [6, 6.07) is 29.6. The molecule has 0 radical (unpaired) electrons. The van der Waals surface area contributed by atoms with Gasteiger partial charge in [0.2, 0.25) is 11.8 Å². The van der Waals surface area contributed by atoms with Crippen molar-refractivity contribution in [1.82, 2.24) is 10.2 Å². The second kappa shape index (κ2) is 11.6. The Morgan fingerprint density at radius 2 is 1.53 bits per heavy atom. The molecule has 1 aromatic heterocycles. The smallest absolute Gasteiger partial charge is 0.247 e. The van der Waals surface area contributed by atoms with Crippen LogP contribution in [0.2, 0.25) is 5.02 Å². The molecule has 0 saturated carbocycles. The lowest BCUT2D eigenvalue weighted by Gasteiger charge is -2.32. The molecular weight excluding hydrogens is 464 g/mol. The summed E-state index contributed by atoms with van der Waals surface area (Å²) < 4.78 is 0. The van der Waals surface area contributed by atoms with Gasteiger partial charge in [-0.25, -0.2) is 0 Å². The number of amides is 2. The van der Waals surface area contributed by atoms with Crippen LogP contribution in [0.4, 0.5) is 0 Å². The van der Waals surface area contributed by atoms with Crippen molar-refractivity contribution in [1.29, 1.82) is 0 Å². The lowest BCUT2D eigenvalue weighted by atomic mass is 10.0. The van der Waals surface area contributed by atoms with Gasteiger partial charge in [-0.15, -0.1) is 11.3 Å². The highest BCUT2D eigenvalue weighted by Crippen LogP contribution is 2.27. The molecular formula is C28H25ClN2O2S. The van der Waals surface area contributed by atoms with E-state index < -0.39 is 6.04 Å². The van der Waals surface area contributed by atoms with Crippen molar-refractivity contribution in [2.24, 2.45) is 0 Å². The molecule has 4 aromatic rings. The summed E-state index contributed by atoms with van der Waals surface area (Å²) in [6.45, 7) is 0.601. The van der Waals surface area contributed by atoms with E-state index in [2.05, 4.69) is 5.32 Å². The van der Waals surface area contributed by atoms with E-state index in [9.17, 15) is 9.59 Å². The van der Waals surface area contributed by atoms with Gasteiger partial charge >= 0.3 is 0 Å². The molecule has 0 aliphatic carbocycles. The van der Waals surface area contributed by atoms with Crippen LogP contribution in [0.25, 0.3) is 0 Å². The van der Waals surface area contributed by atoms with E-state index in [1.165, 1.54) is 11.3 Å². The predicted molar refractivity (Wildman–Crippen MR) is 137 cm³/mol. The second-order valence-corrected chi connectivity index (χ2v) is 9.33. The molecule has 172 valence electrons. The predicted octanol–water partition coefficient (Wildman–Crippen LogP) is 6.03. The Morgan fingerprint density at radius 3 is 2.21 bits per heavy atom. The van der Waals surface area contributed by atoms with Crippen molar-refractivity contribution in [2.75, 3.05) is 0 Å². The molecule has 4 rings (SSSR count). The van der Waals surface area contributed by atoms with Crippen LogP contribution in [0.3, 0.4) is 0 Å². The van der Waals surface area contributed by atoms with E-state index in [4.69, 9.17) is 11.6 Å². The van der Waals surface area contributed by atoms with Crippen molar-refractivity contribution in [3.8, 4) is 0 Å². The van der Waals surface area contributed by atoms with Crippen LogP contribution in [0.15, 0.2) is 102 Å². The van der Waals surface area contributed by atoms with Crippen molar-refractivity contribution in [2.45, 2.75) is 25.6 Å². The second-order valence-electron chi connectivity index (χ2n) is 7.89. The topological polar surface area (TPSA) is 49.4 Å².